The normalized spacial score (nSPS) is 21.2. The van der Waals surface area contributed by atoms with Crippen molar-refractivity contribution in [2.75, 3.05) is 39.3 Å². The number of fused-ring (bicyclic) bond motifs is 5. The molecule has 2 aromatic rings. The standard InChI is InChI=1S/C33H42N4O7/c1-4-35-20-30(38)34-28-19-37(32(40)11-14-36-12-6-9-31(36)39)13-10-29(28)42-21-23-7-5-8-25(15-23)44-27-17-24(33(35)41)16-26(18-27)43-22(2)3/h5,7-8,15-18,22,28-29H,4,6,9-14,19-21H2,1-3H3,(H,34,38)/t28-,29-/m0/s1. The van der Waals surface area contributed by atoms with Crippen molar-refractivity contribution in [2.24, 2.45) is 0 Å². The number of carbonyl (C=O) groups excluding carboxylic acids is 4. The van der Waals surface area contributed by atoms with Crippen LogP contribution >= 0.6 is 0 Å². The van der Waals surface area contributed by atoms with Gasteiger partial charge in [0.05, 0.1) is 31.4 Å². The minimum atomic E-state index is -0.468. The molecule has 2 saturated heterocycles. The van der Waals surface area contributed by atoms with Crippen LogP contribution in [0.15, 0.2) is 42.5 Å². The average Bonchev–Trinajstić information content (AvgIpc) is 3.41. The van der Waals surface area contributed by atoms with Gasteiger partial charge in [0.2, 0.25) is 17.7 Å². The highest BCUT2D eigenvalue weighted by molar-refractivity contribution is 5.97. The fourth-order valence-corrected chi connectivity index (χ4v) is 5.89. The van der Waals surface area contributed by atoms with Crippen molar-refractivity contribution in [3.63, 3.8) is 0 Å². The van der Waals surface area contributed by atoms with Gasteiger partial charge in [-0.25, -0.2) is 0 Å². The van der Waals surface area contributed by atoms with Gasteiger partial charge in [-0.15, -0.1) is 0 Å². The van der Waals surface area contributed by atoms with Crippen LogP contribution in [0.25, 0.3) is 0 Å². The van der Waals surface area contributed by atoms with Crippen molar-refractivity contribution >= 4 is 23.6 Å². The average molecular weight is 607 g/mol. The molecule has 2 fully saturated rings. The van der Waals surface area contributed by atoms with E-state index < -0.39 is 6.04 Å². The van der Waals surface area contributed by atoms with Crippen molar-refractivity contribution in [1.82, 2.24) is 20.0 Å². The molecule has 2 atom stereocenters. The molecular formula is C33H42N4O7. The third kappa shape index (κ3) is 7.88. The Morgan fingerprint density at radius 2 is 1.91 bits per heavy atom. The largest absolute Gasteiger partial charge is 0.491 e. The molecule has 3 heterocycles. The summed E-state index contributed by atoms with van der Waals surface area (Å²) in [6.45, 7) is 7.94. The van der Waals surface area contributed by atoms with E-state index in [1.165, 1.54) is 4.90 Å². The lowest BCUT2D eigenvalue weighted by molar-refractivity contribution is -0.138. The Morgan fingerprint density at radius 3 is 2.66 bits per heavy atom. The molecule has 0 unspecified atom stereocenters. The summed E-state index contributed by atoms with van der Waals surface area (Å²) in [5.74, 6) is 0.901. The Labute approximate surface area is 258 Å². The zero-order valence-corrected chi connectivity index (χ0v) is 25.8. The van der Waals surface area contributed by atoms with Crippen LogP contribution < -0.4 is 14.8 Å². The third-order valence-electron chi connectivity index (χ3n) is 8.12. The predicted octanol–water partition coefficient (Wildman–Crippen LogP) is 3.36. The van der Waals surface area contributed by atoms with Gasteiger partial charge in [-0.2, -0.15) is 0 Å². The molecule has 0 spiro atoms. The van der Waals surface area contributed by atoms with E-state index in [0.29, 0.717) is 68.4 Å². The molecule has 11 nitrogen and oxygen atoms in total. The zero-order valence-electron chi connectivity index (χ0n) is 25.8. The molecule has 3 aliphatic heterocycles. The molecule has 0 aliphatic carbocycles. The highest BCUT2D eigenvalue weighted by Crippen LogP contribution is 2.30. The summed E-state index contributed by atoms with van der Waals surface area (Å²) in [5.41, 5.74) is 1.24. The minimum Gasteiger partial charge on any atom is -0.491 e. The predicted molar refractivity (Wildman–Crippen MR) is 162 cm³/mol. The van der Waals surface area contributed by atoms with E-state index >= 15 is 0 Å². The van der Waals surface area contributed by atoms with Gasteiger partial charge in [0.1, 0.15) is 17.2 Å². The van der Waals surface area contributed by atoms with E-state index in [4.69, 9.17) is 14.2 Å². The van der Waals surface area contributed by atoms with Crippen LogP contribution in [0, 0.1) is 0 Å². The van der Waals surface area contributed by atoms with Gasteiger partial charge in [0, 0.05) is 57.2 Å². The zero-order chi connectivity index (χ0) is 31.2. The second-order valence-electron chi connectivity index (χ2n) is 11.8. The first-order chi connectivity index (χ1) is 21.2. The lowest BCUT2D eigenvalue weighted by Gasteiger charge is -2.39. The summed E-state index contributed by atoms with van der Waals surface area (Å²) in [7, 11) is 0. The monoisotopic (exact) mass is 606 g/mol. The summed E-state index contributed by atoms with van der Waals surface area (Å²) < 4.78 is 18.4. The van der Waals surface area contributed by atoms with E-state index in [-0.39, 0.29) is 55.3 Å². The Balaban J connectivity index is 1.37. The van der Waals surface area contributed by atoms with Crippen LogP contribution in [-0.4, -0.2) is 95.8 Å². The van der Waals surface area contributed by atoms with Gasteiger partial charge in [-0.3, -0.25) is 19.2 Å². The summed E-state index contributed by atoms with van der Waals surface area (Å²) in [5, 5.41) is 3.06. The van der Waals surface area contributed by atoms with Crippen LogP contribution in [0.3, 0.4) is 0 Å². The van der Waals surface area contributed by atoms with Crippen molar-refractivity contribution in [1.29, 1.82) is 0 Å². The van der Waals surface area contributed by atoms with E-state index in [2.05, 4.69) is 5.32 Å². The molecule has 3 aliphatic rings. The molecule has 5 rings (SSSR count). The van der Waals surface area contributed by atoms with Crippen LogP contribution in [0.2, 0.25) is 0 Å². The van der Waals surface area contributed by atoms with Crippen molar-refractivity contribution in [3.05, 3.63) is 53.6 Å². The first-order valence-electron chi connectivity index (χ1n) is 15.5. The molecule has 4 amide bonds. The molecular weight excluding hydrogens is 564 g/mol. The topological polar surface area (TPSA) is 118 Å². The SMILES string of the molecule is CCN1CC(=O)N[C@H]2CN(C(=O)CCN3CCCC3=O)CC[C@@H]2OCc2cccc(c2)Oc2cc(OC(C)C)cc(c2)C1=O. The van der Waals surface area contributed by atoms with E-state index in [9.17, 15) is 19.2 Å². The molecule has 11 heteroatoms. The Bertz CT molecular complexity index is 1380. The smallest absolute Gasteiger partial charge is 0.254 e. The molecule has 0 saturated carbocycles. The quantitative estimate of drug-likeness (QED) is 0.536. The number of carbonyl (C=O) groups is 4. The highest BCUT2D eigenvalue weighted by atomic mass is 16.5. The fraction of sp³-hybridized carbons (Fsp3) is 0.515. The second kappa shape index (κ2) is 14.1. The van der Waals surface area contributed by atoms with Crippen LogP contribution in [-0.2, 0) is 25.7 Å². The number of nitrogens with zero attached hydrogens (tertiary/aromatic N) is 3. The number of piperidine rings is 1. The fourth-order valence-electron chi connectivity index (χ4n) is 5.89. The highest BCUT2D eigenvalue weighted by Gasteiger charge is 2.34. The maximum absolute atomic E-state index is 13.7. The molecule has 4 bridgehead atoms. The van der Waals surface area contributed by atoms with Gasteiger partial charge in [0.25, 0.3) is 5.91 Å². The third-order valence-corrected chi connectivity index (χ3v) is 8.12. The van der Waals surface area contributed by atoms with Gasteiger partial charge in [0.15, 0.2) is 0 Å². The number of rotatable bonds is 6. The van der Waals surface area contributed by atoms with Gasteiger partial charge in [-0.05, 0) is 63.4 Å². The number of amides is 4. The molecule has 236 valence electrons. The molecule has 1 N–H and O–H groups in total. The number of benzene rings is 2. The Kier molecular flexibility index (Phi) is 10.0. The summed E-state index contributed by atoms with van der Waals surface area (Å²) in [6, 6.07) is 12.1. The maximum Gasteiger partial charge on any atom is 0.254 e. The molecule has 2 aromatic carbocycles. The number of likely N-dealkylation sites (N-methyl/N-ethyl adjacent to an activating group) is 1. The van der Waals surface area contributed by atoms with E-state index in [1.807, 2.05) is 45.0 Å². The number of hydrogen-bond donors (Lipinski definition) is 1. The Hall–Kier alpha value is -4.12. The van der Waals surface area contributed by atoms with Crippen molar-refractivity contribution in [3.8, 4) is 17.2 Å². The number of likely N-dealkylation sites (tertiary alicyclic amines) is 2. The van der Waals surface area contributed by atoms with Gasteiger partial charge < -0.3 is 34.2 Å². The summed E-state index contributed by atoms with van der Waals surface area (Å²) in [4.78, 5) is 57.1. The first-order valence-corrected chi connectivity index (χ1v) is 15.5. The minimum absolute atomic E-state index is 0.0564. The maximum atomic E-state index is 13.7. The first kappa shape index (κ1) is 31.3. The van der Waals surface area contributed by atoms with Crippen LogP contribution in [0.1, 0.15) is 62.4 Å². The van der Waals surface area contributed by atoms with Crippen LogP contribution in [0.5, 0.6) is 17.2 Å². The number of hydrogen-bond acceptors (Lipinski definition) is 7. The molecule has 0 radical (unpaired) electrons. The van der Waals surface area contributed by atoms with E-state index in [1.54, 1.807) is 28.0 Å². The molecule has 0 aromatic heterocycles. The number of ether oxygens (including phenoxy) is 3. The van der Waals surface area contributed by atoms with Gasteiger partial charge in [-0.1, -0.05) is 12.1 Å². The lowest BCUT2D eigenvalue weighted by Crippen LogP contribution is -2.58. The van der Waals surface area contributed by atoms with Gasteiger partial charge >= 0.3 is 0 Å². The summed E-state index contributed by atoms with van der Waals surface area (Å²) in [6.07, 6.45) is 1.69. The van der Waals surface area contributed by atoms with Crippen molar-refractivity contribution < 1.29 is 33.4 Å². The Morgan fingerprint density at radius 1 is 1.07 bits per heavy atom. The lowest BCUT2D eigenvalue weighted by atomic mass is 10.0. The molecule has 44 heavy (non-hydrogen) atoms. The second-order valence-corrected chi connectivity index (χ2v) is 11.8. The van der Waals surface area contributed by atoms with Crippen LogP contribution in [0.4, 0.5) is 0 Å². The van der Waals surface area contributed by atoms with E-state index in [0.717, 1.165) is 12.0 Å². The van der Waals surface area contributed by atoms with Crippen molar-refractivity contribution in [2.45, 2.75) is 71.3 Å². The summed E-state index contributed by atoms with van der Waals surface area (Å²) >= 11 is 0. The number of nitrogens with one attached hydrogen (secondary N) is 1.